The van der Waals surface area contributed by atoms with Gasteiger partial charge in [0.05, 0.1) is 5.92 Å². The fraction of sp³-hybridized carbons (Fsp3) is 0.310. The minimum absolute atomic E-state index is 0.0206. The van der Waals surface area contributed by atoms with Crippen molar-refractivity contribution in [3.63, 3.8) is 0 Å². The molecule has 6 rings (SSSR count). The number of hydrogen-bond acceptors (Lipinski definition) is 11. The first-order valence-electron chi connectivity index (χ1n) is 13.4. The maximum atomic E-state index is 12.3. The van der Waals surface area contributed by atoms with E-state index >= 15 is 0 Å². The molecule has 0 amide bonds. The van der Waals surface area contributed by atoms with Gasteiger partial charge in [0, 0.05) is 50.0 Å². The molecule has 5 heterocycles. The van der Waals surface area contributed by atoms with Gasteiger partial charge in [0.15, 0.2) is 5.82 Å². The fourth-order valence-electron chi connectivity index (χ4n) is 4.76. The third-order valence-corrected chi connectivity index (χ3v) is 6.89. The van der Waals surface area contributed by atoms with E-state index in [2.05, 4.69) is 57.9 Å². The van der Waals surface area contributed by atoms with Gasteiger partial charge in [-0.3, -0.25) is 9.69 Å². The lowest BCUT2D eigenvalue weighted by molar-refractivity contribution is -0.159. The van der Waals surface area contributed by atoms with Crippen LogP contribution in [0.4, 0.5) is 23.3 Å². The number of nitrogens with one attached hydrogen (secondary N) is 3. The number of likely N-dealkylation sites (tertiary alicyclic amines) is 1. The molecule has 2 fully saturated rings. The molecule has 4 aromatic rings. The van der Waals surface area contributed by atoms with Crippen LogP contribution in [0.25, 0.3) is 11.5 Å². The first kappa shape index (κ1) is 25.8. The standard InChI is InChI=1S/C29H31N9O2/c1-19-3-2-4-24(33-19)27-31-13-10-25(36-27)35-26-11-14-32-29(37-26)34-22-7-5-20(6-8-22)16-38-17-21(18-38)28(39)40-23-9-12-30-15-23/h2-8,10-11,13-14,21,23,30H,9,12,15-18H2,1H3,(H2,31,32,34,35,36,37)/t23-/m0/s1. The zero-order chi connectivity index (χ0) is 27.3. The second-order valence-corrected chi connectivity index (χ2v) is 10.1. The average molecular weight is 538 g/mol. The minimum Gasteiger partial charge on any atom is -0.461 e. The van der Waals surface area contributed by atoms with Gasteiger partial charge in [0.2, 0.25) is 5.95 Å². The summed E-state index contributed by atoms with van der Waals surface area (Å²) in [7, 11) is 0. The number of hydrogen-bond donors (Lipinski definition) is 3. The van der Waals surface area contributed by atoms with E-state index in [1.807, 2.05) is 37.3 Å². The summed E-state index contributed by atoms with van der Waals surface area (Å²) in [5, 5.41) is 9.70. The normalized spacial score (nSPS) is 17.3. The highest BCUT2D eigenvalue weighted by atomic mass is 16.5. The quantitative estimate of drug-likeness (QED) is 0.271. The molecule has 11 nitrogen and oxygen atoms in total. The van der Waals surface area contributed by atoms with Crippen LogP contribution in [0, 0.1) is 12.8 Å². The SMILES string of the molecule is Cc1cccc(-c2nccc(Nc3ccnc(Nc4ccc(CN5CC(C(=O)O[C@H]6CCNC6)C5)cc4)n3)n2)n1. The van der Waals surface area contributed by atoms with Crippen molar-refractivity contribution in [2.45, 2.75) is 26.0 Å². The van der Waals surface area contributed by atoms with Gasteiger partial charge in [-0.2, -0.15) is 4.98 Å². The molecule has 3 N–H and O–H groups in total. The Kier molecular flexibility index (Phi) is 7.56. The van der Waals surface area contributed by atoms with Crippen LogP contribution >= 0.6 is 0 Å². The van der Waals surface area contributed by atoms with Gasteiger partial charge in [0.25, 0.3) is 0 Å². The van der Waals surface area contributed by atoms with Crippen molar-refractivity contribution in [2.75, 3.05) is 36.8 Å². The zero-order valence-corrected chi connectivity index (χ0v) is 22.2. The fourth-order valence-corrected chi connectivity index (χ4v) is 4.76. The van der Waals surface area contributed by atoms with Gasteiger partial charge in [-0.1, -0.05) is 18.2 Å². The lowest BCUT2D eigenvalue weighted by Crippen LogP contribution is -2.50. The van der Waals surface area contributed by atoms with Crippen molar-refractivity contribution in [2.24, 2.45) is 5.92 Å². The van der Waals surface area contributed by atoms with Crippen molar-refractivity contribution < 1.29 is 9.53 Å². The summed E-state index contributed by atoms with van der Waals surface area (Å²) in [5.41, 5.74) is 3.68. The molecule has 2 aliphatic heterocycles. The second kappa shape index (κ2) is 11.7. The number of aryl methyl sites for hydroxylation is 1. The van der Waals surface area contributed by atoms with Crippen molar-refractivity contribution in [3.8, 4) is 11.5 Å². The Morgan fingerprint density at radius 2 is 1.77 bits per heavy atom. The Balaban J connectivity index is 1.01. The molecule has 11 heteroatoms. The van der Waals surface area contributed by atoms with Crippen molar-refractivity contribution in [3.05, 3.63) is 78.2 Å². The van der Waals surface area contributed by atoms with E-state index in [9.17, 15) is 4.79 Å². The molecule has 0 unspecified atom stereocenters. The molecule has 0 radical (unpaired) electrons. The van der Waals surface area contributed by atoms with Gasteiger partial charge < -0.3 is 20.7 Å². The number of aromatic nitrogens is 5. The summed E-state index contributed by atoms with van der Waals surface area (Å²) < 4.78 is 5.59. The van der Waals surface area contributed by atoms with E-state index in [0.717, 1.165) is 50.5 Å². The highest BCUT2D eigenvalue weighted by molar-refractivity contribution is 5.74. The molecule has 1 atom stereocenters. The van der Waals surface area contributed by atoms with Gasteiger partial charge in [-0.25, -0.2) is 19.9 Å². The Labute approximate surface area is 232 Å². The van der Waals surface area contributed by atoms with Crippen molar-refractivity contribution in [1.82, 2.24) is 35.1 Å². The predicted octanol–water partition coefficient (Wildman–Crippen LogP) is 3.46. The Morgan fingerprint density at radius 3 is 2.55 bits per heavy atom. The molecule has 2 saturated heterocycles. The largest absolute Gasteiger partial charge is 0.461 e. The van der Waals surface area contributed by atoms with Crippen LogP contribution in [0.15, 0.2) is 67.0 Å². The van der Waals surface area contributed by atoms with Crippen molar-refractivity contribution >= 4 is 29.2 Å². The van der Waals surface area contributed by atoms with Crippen molar-refractivity contribution in [1.29, 1.82) is 0 Å². The summed E-state index contributed by atoms with van der Waals surface area (Å²) in [6.07, 6.45) is 4.31. The molecule has 0 saturated carbocycles. The molecule has 1 aromatic carbocycles. The number of esters is 1. The van der Waals surface area contributed by atoms with Crippen LogP contribution in [-0.4, -0.2) is 68.1 Å². The summed E-state index contributed by atoms with van der Waals surface area (Å²) >= 11 is 0. The van der Waals surface area contributed by atoms with Crippen LogP contribution < -0.4 is 16.0 Å². The lowest BCUT2D eigenvalue weighted by atomic mass is 9.99. The smallest absolute Gasteiger partial charge is 0.311 e. The summed E-state index contributed by atoms with van der Waals surface area (Å²) in [6, 6.07) is 17.5. The van der Waals surface area contributed by atoms with Crippen LogP contribution in [0.2, 0.25) is 0 Å². The van der Waals surface area contributed by atoms with E-state index in [1.165, 1.54) is 5.56 Å². The summed E-state index contributed by atoms with van der Waals surface area (Å²) in [6.45, 7) is 5.90. The number of carbonyl (C=O) groups excluding carboxylic acids is 1. The summed E-state index contributed by atoms with van der Waals surface area (Å²) in [4.78, 5) is 36.9. The first-order chi connectivity index (χ1) is 19.6. The van der Waals surface area contributed by atoms with E-state index in [-0.39, 0.29) is 18.0 Å². The first-order valence-corrected chi connectivity index (χ1v) is 13.4. The molecule has 0 bridgehead atoms. The van der Waals surface area contributed by atoms with Gasteiger partial charge in [-0.05, 0) is 61.9 Å². The van der Waals surface area contributed by atoms with Crippen LogP contribution in [0.3, 0.4) is 0 Å². The van der Waals surface area contributed by atoms with Gasteiger partial charge in [-0.15, -0.1) is 0 Å². The molecule has 204 valence electrons. The third-order valence-electron chi connectivity index (χ3n) is 6.89. The Hall–Kier alpha value is -4.48. The average Bonchev–Trinajstić information content (AvgIpc) is 3.45. The number of benzene rings is 1. The monoisotopic (exact) mass is 537 g/mol. The second-order valence-electron chi connectivity index (χ2n) is 10.1. The number of rotatable bonds is 9. The molecule has 3 aromatic heterocycles. The van der Waals surface area contributed by atoms with Crippen LogP contribution in [-0.2, 0) is 16.1 Å². The number of ether oxygens (including phenoxy) is 1. The van der Waals surface area contributed by atoms with Crippen LogP contribution in [0.5, 0.6) is 0 Å². The third kappa shape index (κ3) is 6.38. The number of nitrogens with zero attached hydrogens (tertiary/aromatic N) is 6. The Morgan fingerprint density at radius 1 is 0.975 bits per heavy atom. The molecule has 40 heavy (non-hydrogen) atoms. The Bertz CT molecular complexity index is 1470. The topological polar surface area (TPSA) is 130 Å². The lowest BCUT2D eigenvalue weighted by Gasteiger charge is -2.38. The maximum absolute atomic E-state index is 12.3. The summed E-state index contributed by atoms with van der Waals surface area (Å²) in [5.74, 6) is 2.13. The molecule has 0 aliphatic carbocycles. The molecular formula is C29H31N9O2. The van der Waals surface area contributed by atoms with E-state index in [1.54, 1.807) is 24.5 Å². The number of pyridine rings is 1. The minimum atomic E-state index is -0.0651. The maximum Gasteiger partial charge on any atom is 0.311 e. The van der Waals surface area contributed by atoms with E-state index < -0.39 is 0 Å². The van der Waals surface area contributed by atoms with E-state index in [4.69, 9.17) is 4.74 Å². The zero-order valence-electron chi connectivity index (χ0n) is 22.2. The number of carbonyl (C=O) groups is 1. The van der Waals surface area contributed by atoms with Crippen LogP contribution in [0.1, 0.15) is 17.7 Å². The predicted molar refractivity (Wildman–Crippen MR) is 151 cm³/mol. The van der Waals surface area contributed by atoms with E-state index in [0.29, 0.717) is 29.1 Å². The number of anilines is 4. The molecule has 0 spiro atoms. The molecular weight excluding hydrogens is 506 g/mol. The highest BCUT2D eigenvalue weighted by Gasteiger charge is 2.35. The van der Waals surface area contributed by atoms with Gasteiger partial charge in [0.1, 0.15) is 23.4 Å². The highest BCUT2D eigenvalue weighted by Crippen LogP contribution is 2.23. The molecule has 2 aliphatic rings. The van der Waals surface area contributed by atoms with Gasteiger partial charge >= 0.3 is 5.97 Å².